The van der Waals surface area contributed by atoms with Crippen LogP contribution >= 0.6 is 11.6 Å². The fourth-order valence-corrected chi connectivity index (χ4v) is 1.80. The predicted octanol–water partition coefficient (Wildman–Crippen LogP) is 2.67. The van der Waals surface area contributed by atoms with Gasteiger partial charge >= 0.3 is 0 Å². The lowest BCUT2D eigenvalue weighted by atomic mass is 10.1. The fourth-order valence-electron chi connectivity index (χ4n) is 1.63. The number of hydrogen-bond donors (Lipinski definition) is 2. The second kappa shape index (κ2) is 7.00. The van der Waals surface area contributed by atoms with Gasteiger partial charge in [-0.1, -0.05) is 24.9 Å². The van der Waals surface area contributed by atoms with Crippen molar-refractivity contribution < 1.29 is 4.79 Å². The number of hydrogen-bond acceptors (Lipinski definition) is 3. The van der Waals surface area contributed by atoms with Gasteiger partial charge in [-0.2, -0.15) is 5.26 Å². The Kier molecular flexibility index (Phi) is 5.63. The van der Waals surface area contributed by atoms with Crippen molar-refractivity contribution in [1.82, 2.24) is 0 Å². The van der Waals surface area contributed by atoms with E-state index < -0.39 is 0 Å². The van der Waals surface area contributed by atoms with Gasteiger partial charge in [0.05, 0.1) is 11.3 Å². The van der Waals surface area contributed by atoms with Crippen molar-refractivity contribution in [2.24, 2.45) is 5.73 Å². The summed E-state index contributed by atoms with van der Waals surface area (Å²) in [7, 11) is 0. The number of nitriles is 1. The molecule has 1 aromatic carbocycles. The maximum absolute atomic E-state index is 11.7. The van der Waals surface area contributed by atoms with Crippen LogP contribution in [-0.2, 0) is 4.79 Å². The number of carbonyl (C=O) groups excluding carboxylic acids is 1. The molecule has 0 aromatic heterocycles. The second-order valence-electron chi connectivity index (χ2n) is 4.10. The molecule has 1 atom stereocenters. The molecule has 0 aliphatic heterocycles. The van der Waals surface area contributed by atoms with Gasteiger partial charge in [-0.3, -0.25) is 4.79 Å². The van der Waals surface area contributed by atoms with Gasteiger partial charge in [0.1, 0.15) is 6.07 Å². The van der Waals surface area contributed by atoms with Gasteiger partial charge < -0.3 is 11.1 Å². The third kappa shape index (κ3) is 4.36. The molecule has 1 amide bonds. The Balaban J connectivity index is 2.70. The van der Waals surface area contributed by atoms with E-state index in [9.17, 15) is 4.79 Å². The first kappa shape index (κ1) is 14.5. The first-order valence-electron chi connectivity index (χ1n) is 5.82. The molecule has 5 heteroatoms. The van der Waals surface area contributed by atoms with Crippen molar-refractivity contribution in [3.05, 3.63) is 28.8 Å². The SMILES string of the molecule is CCCC(N)CC(=O)Nc1cc(Cl)ccc1C#N. The van der Waals surface area contributed by atoms with Gasteiger partial charge in [-0.25, -0.2) is 0 Å². The van der Waals surface area contributed by atoms with Crippen LogP contribution in [0.2, 0.25) is 5.02 Å². The lowest BCUT2D eigenvalue weighted by Gasteiger charge is -2.11. The van der Waals surface area contributed by atoms with Crippen LogP contribution in [0.3, 0.4) is 0 Å². The number of anilines is 1. The molecule has 0 bridgehead atoms. The highest BCUT2D eigenvalue weighted by Gasteiger charge is 2.11. The van der Waals surface area contributed by atoms with E-state index in [2.05, 4.69) is 5.32 Å². The molecule has 0 aliphatic carbocycles. The zero-order valence-electron chi connectivity index (χ0n) is 10.2. The summed E-state index contributed by atoms with van der Waals surface area (Å²) in [5, 5.41) is 12.1. The summed E-state index contributed by atoms with van der Waals surface area (Å²) in [4.78, 5) is 11.7. The first-order chi connectivity index (χ1) is 8.56. The van der Waals surface area contributed by atoms with Crippen LogP contribution in [0.1, 0.15) is 31.7 Å². The van der Waals surface area contributed by atoms with E-state index >= 15 is 0 Å². The Labute approximate surface area is 112 Å². The minimum atomic E-state index is -0.199. The van der Waals surface area contributed by atoms with Crippen LogP contribution in [0.15, 0.2) is 18.2 Å². The number of benzene rings is 1. The highest BCUT2D eigenvalue weighted by Crippen LogP contribution is 2.20. The van der Waals surface area contributed by atoms with Gasteiger partial charge in [0.2, 0.25) is 5.91 Å². The molecule has 0 spiro atoms. The molecule has 0 aliphatic rings. The van der Waals surface area contributed by atoms with Crippen LogP contribution in [0.5, 0.6) is 0 Å². The molecule has 0 saturated carbocycles. The first-order valence-corrected chi connectivity index (χ1v) is 6.19. The van der Waals surface area contributed by atoms with Crippen molar-refractivity contribution in [3.63, 3.8) is 0 Å². The number of halogens is 1. The molecule has 18 heavy (non-hydrogen) atoms. The molecule has 1 aromatic rings. The van der Waals surface area contributed by atoms with Crippen molar-refractivity contribution >= 4 is 23.2 Å². The topological polar surface area (TPSA) is 78.9 Å². The molecule has 1 rings (SSSR count). The number of rotatable bonds is 5. The van der Waals surface area contributed by atoms with E-state index in [4.69, 9.17) is 22.6 Å². The molecular formula is C13H16ClN3O. The van der Waals surface area contributed by atoms with Crippen LogP contribution in [0.25, 0.3) is 0 Å². The molecule has 0 radical (unpaired) electrons. The largest absolute Gasteiger partial charge is 0.327 e. The van der Waals surface area contributed by atoms with Crippen LogP contribution in [-0.4, -0.2) is 11.9 Å². The van der Waals surface area contributed by atoms with E-state index in [1.165, 1.54) is 0 Å². The number of nitrogens with one attached hydrogen (secondary N) is 1. The average Bonchev–Trinajstić information content (AvgIpc) is 2.29. The molecule has 0 heterocycles. The molecular weight excluding hydrogens is 250 g/mol. The van der Waals surface area contributed by atoms with Gasteiger partial charge in [0.25, 0.3) is 0 Å². The summed E-state index contributed by atoms with van der Waals surface area (Å²) >= 11 is 5.83. The molecule has 0 fully saturated rings. The average molecular weight is 266 g/mol. The van der Waals surface area contributed by atoms with Crippen molar-refractivity contribution in [2.75, 3.05) is 5.32 Å². The fraction of sp³-hybridized carbons (Fsp3) is 0.385. The van der Waals surface area contributed by atoms with E-state index in [1.54, 1.807) is 18.2 Å². The summed E-state index contributed by atoms with van der Waals surface area (Å²) in [5.41, 5.74) is 6.60. The minimum absolute atomic E-state index is 0.153. The van der Waals surface area contributed by atoms with E-state index in [1.807, 2.05) is 13.0 Å². The Morgan fingerprint density at radius 1 is 1.61 bits per heavy atom. The maximum Gasteiger partial charge on any atom is 0.225 e. The highest BCUT2D eigenvalue weighted by molar-refractivity contribution is 6.31. The Bertz CT molecular complexity index is 468. The summed E-state index contributed by atoms with van der Waals surface area (Å²) in [6.07, 6.45) is 1.98. The quantitative estimate of drug-likeness (QED) is 0.859. The smallest absolute Gasteiger partial charge is 0.225 e. The van der Waals surface area contributed by atoms with Crippen LogP contribution in [0.4, 0.5) is 5.69 Å². The number of nitrogens with zero attached hydrogens (tertiary/aromatic N) is 1. The number of nitrogens with two attached hydrogens (primary N) is 1. The second-order valence-corrected chi connectivity index (χ2v) is 4.54. The van der Waals surface area contributed by atoms with Gasteiger partial charge in [0.15, 0.2) is 0 Å². The van der Waals surface area contributed by atoms with E-state index in [0.717, 1.165) is 12.8 Å². The summed E-state index contributed by atoms with van der Waals surface area (Å²) in [6.45, 7) is 2.02. The number of amides is 1. The third-order valence-electron chi connectivity index (χ3n) is 2.48. The summed E-state index contributed by atoms with van der Waals surface area (Å²) in [5.74, 6) is -0.199. The highest BCUT2D eigenvalue weighted by atomic mass is 35.5. The molecule has 4 nitrogen and oxygen atoms in total. The third-order valence-corrected chi connectivity index (χ3v) is 2.72. The molecule has 0 saturated heterocycles. The lowest BCUT2D eigenvalue weighted by Crippen LogP contribution is -2.27. The molecule has 1 unspecified atom stereocenters. The standard InChI is InChI=1S/C13H16ClN3O/c1-2-3-11(16)7-13(18)17-12-6-10(14)5-4-9(12)8-15/h4-6,11H,2-3,7,16H2,1H3,(H,17,18). The number of carbonyl (C=O) groups is 1. The zero-order chi connectivity index (χ0) is 13.5. The Hall–Kier alpha value is -1.57. The Morgan fingerprint density at radius 2 is 2.33 bits per heavy atom. The predicted molar refractivity (Wildman–Crippen MR) is 72.3 cm³/mol. The van der Waals surface area contributed by atoms with E-state index in [-0.39, 0.29) is 18.4 Å². The molecule has 3 N–H and O–H groups in total. The van der Waals surface area contributed by atoms with Gasteiger partial charge in [0, 0.05) is 17.5 Å². The van der Waals surface area contributed by atoms with Crippen molar-refractivity contribution in [2.45, 2.75) is 32.2 Å². The van der Waals surface area contributed by atoms with Crippen molar-refractivity contribution in [3.8, 4) is 6.07 Å². The monoisotopic (exact) mass is 265 g/mol. The lowest BCUT2D eigenvalue weighted by molar-refractivity contribution is -0.116. The minimum Gasteiger partial charge on any atom is -0.327 e. The van der Waals surface area contributed by atoms with Gasteiger partial charge in [-0.05, 0) is 24.6 Å². The van der Waals surface area contributed by atoms with Gasteiger partial charge in [-0.15, -0.1) is 0 Å². The molecule has 96 valence electrons. The van der Waals surface area contributed by atoms with E-state index in [0.29, 0.717) is 16.3 Å². The van der Waals surface area contributed by atoms with Crippen LogP contribution < -0.4 is 11.1 Å². The zero-order valence-corrected chi connectivity index (χ0v) is 11.0. The normalized spacial score (nSPS) is 11.7. The summed E-state index contributed by atoms with van der Waals surface area (Å²) < 4.78 is 0. The summed E-state index contributed by atoms with van der Waals surface area (Å²) in [6, 6.07) is 6.59. The van der Waals surface area contributed by atoms with Crippen molar-refractivity contribution in [1.29, 1.82) is 5.26 Å². The maximum atomic E-state index is 11.7. The Morgan fingerprint density at radius 3 is 2.94 bits per heavy atom. The van der Waals surface area contributed by atoms with Crippen LogP contribution in [0, 0.1) is 11.3 Å².